The number of rotatable bonds is 5. The predicted molar refractivity (Wildman–Crippen MR) is 61.2 cm³/mol. The standard InChI is InChI=1S/C9H13BrN2O4/c1-14-8(15-2)5-11-9(13)12-7-4-3-6(10)16-7/h3-4,8H,5H2,1-2H3,(H2,11,12,13). The second kappa shape index (κ2) is 6.51. The molecule has 90 valence electrons. The Kier molecular flexibility index (Phi) is 5.30. The van der Waals surface area contributed by atoms with Crippen molar-refractivity contribution in [3.8, 4) is 0 Å². The normalized spacial score (nSPS) is 10.5. The Morgan fingerprint density at radius 1 is 1.50 bits per heavy atom. The minimum atomic E-state index is -0.464. The van der Waals surface area contributed by atoms with Gasteiger partial charge in [-0.1, -0.05) is 0 Å². The van der Waals surface area contributed by atoms with E-state index in [1.165, 1.54) is 14.2 Å². The monoisotopic (exact) mass is 292 g/mol. The van der Waals surface area contributed by atoms with Crippen LogP contribution in [0.5, 0.6) is 0 Å². The molecule has 0 fully saturated rings. The summed E-state index contributed by atoms with van der Waals surface area (Å²) in [5, 5.41) is 5.08. The Morgan fingerprint density at radius 2 is 2.19 bits per heavy atom. The molecule has 0 aromatic carbocycles. The maximum atomic E-state index is 11.3. The molecule has 0 saturated heterocycles. The molecule has 2 N–H and O–H groups in total. The van der Waals surface area contributed by atoms with E-state index in [1.807, 2.05) is 0 Å². The SMILES string of the molecule is COC(CNC(=O)Nc1ccc(Br)o1)OC. The summed E-state index contributed by atoms with van der Waals surface area (Å²) in [6.45, 7) is 0.251. The smallest absolute Gasteiger partial charge is 0.321 e. The number of methoxy groups -OCH3 is 2. The summed E-state index contributed by atoms with van der Waals surface area (Å²) in [6.07, 6.45) is -0.464. The number of anilines is 1. The van der Waals surface area contributed by atoms with Crippen molar-refractivity contribution in [2.75, 3.05) is 26.1 Å². The number of furan rings is 1. The molecule has 0 spiro atoms. The zero-order valence-electron chi connectivity index (χ0n) is 8.95. The van der Waals surface area contributed by atoms with Crippen LogP contribution >= 0.6 is 15.9 Å². The first-order valence-corrected chi connectivity index (χ1v) is 5.30. The molecular weight excluding hydrogens is 280 g/mol. The molecule has 0 aliphatic rings. The Hall–Kier alpha value is -1.05. The Balaban J connectivity index is 2.31. The fourth-order valence-corrected chi connectivity index (χ4v) is 1.28. The van der Waals surface area contributed by atoms with Crippen LogP contribution in [0, 0.1) is 0 Å². The van der Waals surface area contributed by atoms with Gasteiger partial charge in [-0.25, -0.2) is 4.79 Å². The lowest BCUT2D eigenvalue weighted by atomic mass is 10.6. The highest BCUT2D eigenvalue weighted by atomic mass is 79.9. The number of carbonyl (C=O) groups excluding carboxylic acids is 1. The lowest BCUT2D eigenvalue weighted by Gasteiger charge is -2.13. The second-order valence-corrected chi connectivity index (χ2v) is 3.62. The third-order valence-corrected chi connectivity index (χ3v) is 2.19. The van der Waals surface area contributed by atoms with Crippen molar-refractivity contribution >= 4 is 27.8 Å². The molecule has 0 bridgehead atoms. The van der Waals surface area contributed by atoms with Crippen LogP contribution in [0.25, 0.3) is 0 Å². The van der Waals surface area contributed by atoms with Crippen molar-refractivity contribution in [1.82, 2.24) is 5.32 Å². The van der Waals surface area contributed by atoms with Crippen molar-refractivity contribution in [3.63, 3.8) is 0 Å². The fraction of sp³-hybridized carbons (Fsp3) is 0.444. The van der Waals surface area contributed by atoms with Crippen molar-refractivity contribution in [1.29, 1.82) is 0 Å². The van der Waals surface area contributed by atoms with Gasteiger partial charge in [0.05, 0.1) is 6.54 Å². The highest BCUT2D eigenvalue weighted by molar-refractivity contribution is 9.10. The van der Waals surface area contributed by atoms with Gasteiger partial charge < -0.3 is 19.2 Å². The maximum absolute atomic E-state index is 11.3. The minimum Gasteiger partial charge on any atom is -0.434 e. The molecular formula is C9H13BrN2O4. The van der Waals surface area contributed by atoms with Crippen molar-refractivity contribution in [2.45, 2.75) is 6.29 Å². The molecule has 7 heteroatoms. The number of ether oxygens (including phenoxy) is 2. The van der Waals surface area contributed by atoms with Crippen LogP contribution in [-0.2, 0) is 9.47 Å². The number of hydrogen-bond donors (Lipinski definition) is 2. The summed E-state index contributed by atoms with van der Waals surface area (Å²) in [5.41, 5.74) is 0. The molecule has 0 saturated carbocycles. The van der Waals surface area contributed by atoms with Crippen LogP contribution in [0.3, 0.4) is 0 Å². The minimum absolute atomic E-state index is 0.251. The summed E-state index contributed by atoms with van der Waals surface area (Å²) >= 11 is 3.13. The van der Waals surface area contributed by atoms with Gasteiger partial charge in [-0.2, -0.15) is 0 Å². The van der Waals surface area contributed by atoms with Crippen molar-refractivity contribution in [3.05, 3.63) is 16.8 Å². The van der Waals surface area contributed by atoms with Gasteiger partial charge in [0.1, 0.15) is 0 Å². The summed E-state index contributed by atoms with van der Waals surface area (Å²) < 4.78 is 15.5. The average molecular weight is 293 g/mol. The molecule has 1 heterocycles. The average Bonchev–Trinajstić information content (AvgIpc) is 2.65. The zero-order valence-corrected chi connectivity index (χ0v) is 10.5. The van der Waals surface area contributed by atoms with E-state index in [1.54, 1.807) is 12.1 Å². The molecule has 0 radical (unpaired) electrons. The van der Waals surface area contributed by atoms with E-state index in [-0.39, 0.29) is 12.6 Å². The van der Waals surface area contributed by atoms with E-state index in [0.717, 1.165) is 0 Å². The van der Waals surface area contributed by atoms with Gasteiger partial charge in [0, 0.05) is 20.3 Å². The lowest BCUT2D eigenvalue weighted by molar-refractivity contribution is -0.0970. The number of urea groups is 1. The van der Waals surface area contributed by atoms with Crippen LogP contribution in [0.1, 0.15) is 0 Å². The predicted octanol–water partition coefficient (Wildman–Crippen LogP) is 1.78. The molecule has 1 aromatic heterocycles. The number of nitrogens with one attached hydrogen (secondary N) is 2. The van der Waals surface area contributed by atoms with Crippen LogP contribution in [-0.4, -0.2) is 33.1 Å². The van der Waals surface area contributed by atoms with Crippen molar-refractivity contribution in [2.24, 2.45) is 0 Å². The first kappa shape index (κ1) is 13.0. The first-order chi connectivity index (χ1) is 7.65. The largest absolute Gasteiger partial charge is 0.434 e. The summed E-state index contributed by atoms with van der Waals surface area (Å²) in [6, 6.07) is 2.93. The van der Waals surface area contributed by atoms with Crippen LogP contribution < -0.4 is 10.6 Å². The van der Waals surface area contributed by atoms with E-state index in [2.05, 4.69) is 26.6 Å². The van der Waals surface area contributed by atoms with Gasteiger partial charge in [0.2, 0.25) is 5.88 Å². The molecule has 2 amide bonds. The van der Waals surface area contributed by atoms with Crippen LogP contribution in [0.2, 0.25) is 0 Å². The quantitative estimate of drug-likeness (QED) is 0.812. The van der Waals surface area contributed by atoms with E-state index >= 15 is 0 Å². The molecule has 0 aliphatic heterocycles. The Morgan fingerprint density at radius 3 is 2.69 bits per heavy atom. The number of amides is 2. The topological polar surface area (TPSA) is 72.7 Å². The maximum Gasteiger partial charge on any atom is 0.321 e. The molecule has 1 aromatic rings. The fourth-order valence-electron chi connectivity index (χ4n) is 0.976. The summed E-state index contributed by atoms with van der Waals surface area (Å²) in [7, 11) is 2.99. The van der Waals surface area contributed by atoms with Gasteiger partial charge in [0.25, 0.3) is 0 Å². The first-order valence-electron chi connectivity index (χ1n) is 4.51. The Labute approximate surface area is 101 Å². The summed E-state index contributed by atoms with van der Waals surface area (Å²) in [5.74, 6) is 0.357. The van der Waals surface area contributed by atoms with Crippen molar-refractivity contribution < 1.29 is 18.7 Å². The highest BCUT2D eigenvalue weighted by Gasteiger charge is 2.09. The molecule has 6 nitrogen and oxygen atoms in total. The van der Waals surface area contributed by atoms with E-state index < -0.39 is 6.29 Å². The molecule has 0 unspecified atom stereocenters. The zero-order chi connectivity index (χ0) is 12.0. The molecule has 0 atom stereocenters. The number of hydrogen-bond acceptors (Lipinski definition) is 4. The third-order valence-electron chi connectivity index (χ3n) is 1.77. The molecule has 16 heavy (non-hydrogen) atoms. The van der Waals surface area contributed by atoms with Gasteiger partial charge in [0.15, 0.2) is 11.0 Å². The summed E-state index contributed by atoms with van der Waals surface area (Å²) in [4.78, 5) is 11.3. The third kappa shape index (κ3) is 4.21. The van der Waals surface area contributed by atoms with Gasteiger partial charge >= 0.3 is 6.03 Å². The van der Waals surface area contributed by atoms with Gasteiger partial charge in [-0.05, 0) is 22.0 Å². The number of halogens is 1. The van der Waals surface area contributed by atoms with Crippen LogP contribution in [0.4, 0.5) is 10.7 Å². The number of carbonyl (C=O) groups is 1. The molecule has 1 rings (SSSR count). The van der Waals surface area contributed by atoms with Gasteiger partial charge in [-0.15, -0.1) is 0 Å². The second-order valence-electron chi connectivity index (χ2n) is 2.84. The van der Waals surface area contributed by atoms with E-state index in [9.17, 15) is 4.79 Å². The van der Waals surface area contributed by atoms with E-state index in [4.69, 9.17) is 13.9 Å². The lowest BCUT2D eigenvalue weighted by Crippen LogP contribution is -2.36. The van der Waals surface area contributed by atoms with Crippen LogP contribution in [0.15, 0.2) is 21.2 Å². The van der Waals surface area contributed by atoms with Gasteiger partial charge in [-0.3, -0.25) is 5.32 Å². The highest BCUT2D eigenvalue weighted by Crippen LogP contribution is 2.17. The Bertz CT molecular complexity index is 338. The van der Waals surface area contributed by atoms with E-state index in [0.29, 0.717) is 10.6 Å². The molecule has 0 aliphatic carbocycles.